The van der Waals surface area contributed by atoms with E-state index in [4.69, 9.17) is 0 Å². The molecule has 0 aromatic carbocycles. The van der Waals surface area contributed by atoms with Gasteiger partial charge in [0.15, 0.2) is 5.78 Å². The summed E-state index contributed by atoms with van der Waals surface area (Å²) in [5, 5.41) is 0. The number of thiophene rings is 1. The first-order valence-electron chi connectivity index (χ1n) is 4.03. The van der Waals surface area contributed by atoms with Gasteiger partial charge >= 0.3 is 0 Å². The lowest BCUT2D eigenvalue weighted by Gasteiger charge is -2.06. The average Bonchev–Trinajstić information content (AvgIpc) is 2.47. The van der Waals surface area contributed by atoms with Gasteiger partial charge in [-0.25, -0.2) is 0 Å². The van der Waals surface area contributed by atoms with Crippen LogP contribution in [0.5, 0.6) is 0 Å². The maximum absolute atomic E-state index is 11.5. The van der Waals surface area contributed by atoms with E-state index in [1.807, 2.05) is 31.1 Å². The molecule has 1 aromatic rings. The number of hydrogen-bond donors (Lipinski definition) is 0. The maximum Gasteiger partial charge on any atom is 0.174 e. The van der Waals surface area contributed by atoms with Crippen LogP contribution in [0, 0.1) is 0 Å². The molecule has 0 aliphatic carbocycles. The summed E-state index contributed by atoms with van der Waals surface area (Å²) in [6.07, 6.45) is 0.597. The van der Waals surface area contributed by atoms with Gasteiger partial charge in [-0.3, -0.25) is 4.79 Å². The molecular weight excluding hydrogens is 250 g/mol. The average molecular weight is 262 g/mol. The van der Waals surface area contributed by atoms with Crippen LogP contribution in [0.4, 0.5) is 0 Å². The van der Waals surface area contributed by atoms with Crippen molar-refractivity contribution in [3.8, 4) is 0 Å². The van der Waals surface area contributed by atoms with Crippen LogP contribution in [0.2, 0.25) is 0 Å². The van der Waals surface area contributed by atoms with Crippen molar-refractivity contribution >= 4 is 33.0 Å². The van der Waals surface area contributed by atoms with E-state index in [0.29, 0.717) is 6.42 Å². The number of carbonyl (C=O) groups is 1. The molecule has 0 atom stereocenters. The molecule has 2 nitrogen and oxygen atoms in total. The van der Waals surface area contributed by atoms with Gasteiger partial charge < -0.3 is 4.90 Å². The second-order valence-electron chi connectivity index (χ2n) is 3.08. The van der Waals surface area contributed by atoms with E-state index < -0.39 is 0 Å². The molecule has 0 aliphatic rings. The number of halogens is 1. The van der Waals surface area contributed by atoms with E-state index in [1.165, 1.54) is 11.3 Å². The Kier molecular flexibility index (Phi) is 4.09. The van der Waals surface area contributed by atoms with Crippen molar-refractivity contribution in [2.24, 2.45) is 0 Å². The molecule has 0 radical (unpaired) electrons. The molecule has 0 saturated heterocycles. The van der Waals surface area contributed by atoms with Gasteiger partial charge in [-0.05, 0) is 42.2 Å². The Morgan fingerprint density at radius 2 is 2.23 bits per heavy atom. The largest absolute Gasteiger partial charge is 0.309 e. The van der Waals surface area contributed by atoms with Crippen molar-refractivity contribution in [3.05, 3.63) is 20.8 Å². The van der Waals surface area contributed by atoms with Crippen LogP contribution in [0.3, 0.4) is 0 Å². The number of ketones is 1. The summed E-state index contributed by atoms with van der Waals surface area (Å²) in [7, 11) is 3.94. The summed E-state index contributed by atoms with van der Waals surface area (Å²) >= 11 is 4.83. The van der Waals surface area contributed by atoms with Crippen molar-refractivity contribution in [2.45, 2.75) is 6.42 Å². The number of hydrogen-bond acceptors (Lipinski definition) is 3. The fourth-order valence-electron chi connectivity index (χ4n) is 0.913. The minimum Gasteiger partial charge on any atom is -0.309 e. The summed E-state index contributed by atoms with van der Waals surface area (Å²) in [5.41, 5.74) is 0. The molecule has 1 heterocycles. The summed E-state index contributed by atoms with van der Waals surface area (Å²) < 4.78 is 1.01. The molecule has 1 aromatic heterocycles. The first-order chi connectivity index (χ1) is 6.09. The number of carbonyl (C=O) groups excluding carboxylic acids is 1. The topological polar surface area (TPSA) is 20.3 Å². The molecule has 0 saturated carbocycles. The monoisotopic (exact) mass is 261 g/mol. The third kappa shape index (κ3) is 3.58. The van der Waals surface area contributed by atoms with Crippen molar-refractivity contribution in [2.75, 3.05) is 20.6 Å². The molecule has 0 fully saturated rings. The van der Waals surface area contributed by atoms with Crippen molar-refractivity contribution in [3.63, 3.8) is 0 Å². The van der Waals surface area contributed by atoms with Crippen molar-refractivity contribution in [1.29, 1.82) is 0 Å². The molecule has 0 spiro atoms. The van der Waals surface area contributed by atoms with Gasteiger partial charge in [-0.2, -0.15) is 0 Å². The van der Waals surface area contributed by atoms with Gasteiger partial charge in [0.05, 0.1) is 8.66 Å². The number of nitrogens with zero attached hydrogens (tertiary/aromatic N) is 1. The molecule has 4 heteroatoms. The Morgan fingerprint density at radius 3 is 2.69 bits per heavy atom. The molecular formula is C9H12BrNOS. The summed E-state index contributed by atoms with van der Waals surface area (Å²) in [6.45, 7) is 0.814. The molecule has 0 bridgehead atoms. The van der Waals surface area contributed by atoms with E-state index in [9.17, 15) is 4.79 Å². The van der Waals surface area contributed by atoms with Gasteiger partial charge in [0.1, 0.15) is 0 Å². The van der Waals surface area contributed by atoms with Crippen LogP contribution >= 0.6 is 27.3 Å². The summed E-state index contributed by atoms with van der Waals surface area (Å²) in [4.78, 5) is 14.4. The van der Waals surface area contributed by atoms with E-state index in [-0.39, 0.29) is 5.78 Å². The van der Waals surface area contributed by atoms with E-state index >= 15 is 0 Å². The van der Waals surface area contributed by atoms with Crippen LogP contribution in [0.1, 0.15) is 16.1 Å². The Morgan fingerprint density at radius 1 is 1.54 bits per heavy atom. The quantitative estimate of drug-likeness (QED) is 0.777. The smallest absolute Gasteiger partial charge is 0.174 e. The minimum atomic E-state index is 0.226. The van der Waals surface area contributed by atoms with Gasteiger partial charge in [0.2, 0.25) is 0 Å². The summed E-state index contributed by atoms with van der Waals surface area (Å²) in [6, 6.07) is 3.78. The van der Waals surface area contributed by atoms with Crippen LogP contribution < -0.4 is 0 Å². The van der Waals surface area contributed by atoms with Crippen molar-refractivity contribution in [1.82, 2.24) is 4.90 Å². The molecule has 0 unspecified atom stereocenters. The number of rotatable bonds is 4. The van der Waals surface area contributed by atoms with E-state index in [1.54, 1.807) is 0 Å². The Hall–Kier alpha value is -0.190. The second kappa shape index (κ2) is 4.88. The lowest BCUT2D eigenvalue weighted by Crippen LogP contribution is -2.16. The molecule has 0 amide bonds. The number of Topliss-reactive ketones (excluding diaryl/α,β-unsaturated/α-hetero) is 1. The Labute approximate surface area is 90.7 Å². The molecule has 72 valence electrons. The van der Waals surface area contributed by atoms with Gasteiger partial charge in [-0.15, -0.1) is 11.3 Å². The molecule has 0 aliphatic heterocycles. The van der Waals surface area contributed by atoms with Crippen LogP contribution in [0.25, 0.3) is 0 Å². The van der Waals surface area contributed by atoms with Gasteiger partial charge in [0, 0.05) is 13.0 Å². The SMILES string of the molecule is CN(C)CCC(=O)c1ccc(Br)s1. The van der Waals surface area contributed by atoms with E-state index in [2.05, 4.69) is 15.9 Å². The molecule has 13 heavy (non-hydrogen) atoms. The zero-order chi connectivity index (χ0) is 9.84. The zero-order valence-electron chi connectivity index (χ0n) is 7.71. The third-order valence-corrected chi connectivity index (χ3v) is 3.30. The predicted molar refractivity (Wildman–Crippen MR) is 59.5 cm³/mol. The van der Waals surface area contributed by atoms with E-state index in [0.717, 1.165) is 15.2 Å². The van der Waals surface area contributed by atoms with Gasteiger partial charge in [0.25, 0.3) is 0 Å². The highest BCUT2D eigenvalue weighted by molar-refractivity contribution is 9.11. The van der Waals surface area contributed by atoms with Crippen LogP contribution in [0.15, 0.2) is 15.9 Å². The summed E-state index contributed by atoms with van der Waals surface area (Å²) in [5.74, 6) is 0.226. The molecule has 1 rings (SSSR count). The predicted octanol–water partition coefficient (Wildman–Crippen LogP) is 2.65. The standard InChI is InChI=1S/C9H12BrNOS/c1-11(2)6-5-7(12)8-3-4-9(10)13-8/h3-4H,5-6H2,1-2H3. The van der Waals surface area contributed by atoms with Crippen LogP contribution in [-0.4, -0.2) is 31.3 Å². The lowest BCUT2D eigenvalue weighted by atomic mass is 10.2. The van der Waals surface area contributed by atoms with Crippen LogP contribution in [-0.2, 0) is 0 Å². The highest BCUT2D eigenvalue weighted by Gasteiger charge is 2.08. The lowest BCUT2D eigenvalue weighted by molar-refractivity contribution is 0.0976. The Bertz CT molecular complexity index is 296. The highest BCUT2D eigenvalue weighted by Crippen LogP contribution is 2.22. The van der Waals surface area contributed by atoms with Crippen molar-refractivity contribution < 1.29 is 4.79 Å². The first-order valence-corrected chi connectivity index (χ1v) is 5.64. The Balaban J connectivity index is 2.49. The maximum atomic E-state index is 11.5. The zero-order valence-corrected chi connectivity index (χ0v) is 10.1. The third-order valence-electron chi connectivity index (χ3n) is 1.63. The first kappa shape index (κ1) is 10.9. The molecule has 0 N–H and O–H groups in total. The fraction of sp³-hybridized carbons (Fsp3) is 0.444. The second-order valence-corrected chi connectivity index (χ2v) is 5.54. The minimum absolute atomic E-state index is 0.226. The normalized spacial score (nSPS) is 10.8. The fourth-order valence-corrected chi connectivity index (χ4v) is 2.27. The highest BCUT2D eigenvalue weighted by atomic mass is 79.9. The van der Waals surface area contributed by atoms with Gasteiger partial charge in [-0.1, -0.05) is 0 Å².